The molecule has 0 saturated heterocycles. The Hall–Kier alpha value is -2.54. The maximum Gasteiger partial charge on any atom is 0.416 e. The maximum atomic E-state index is 14.2. The van der Waals surface area contributed by atoms with Crippen LogP contribution >= 0.6 is 11.6 Å². The van der Waals surface area contributed by atoms with Gasteiger partial charge >= 0.3 is 12.1 Å². The number of carboxylic acid groups (broad SMARTS) is 1. The van der Waals surface area contributed by atoms with Crippen molar-refractivity contribution in [1.29, 1.82) is 0 Å². The Kier molecular flexibility index (Phi) is 6.71. The summed E-state index contributed by atoms with van der Waals surface area (Å²) in [6, 6.07) is 7.98. The van der Waals surface area contributed by atoms with Gasteiger partial charge in [-0.15, -0.1) is 0 Å². The molecule has 0 spiro atoms. The molecule has 1 N–H and O–H groups in total. The number of rotatable bonds is 7. The smallest absolute Gasteiger partial charge is 0.416 e. The van der Waals surface area contributed by atoms with Crippen LogP contribution in [0.25, 0.3) is 5.57 Å². The van der Waals surface area contributed by atoms with E-state index in [9.17, 15) is 22.4 Å². The molecular weight excluding hydrogens is 424 g/mol. The van der Waals surface area contributed by atoms with Gasteiger partial charge in [-0.3, -0.25) is 4.79 Å². The fraction of sp³-hybridized carbons (Fsp3) is 0.318. The summed E-state index contributed by atoms with van der Waals surface area (Å²) in [5.41, 5.74) is 0.368. The first-order chi connectivity index (χ1) is 14.1. The van der Waals surface area contributed by atoms with Gasteiger partial charge in [0.2, 0.25) is 0 Å². The number of allylic oxidation sites excluding steroid dienone is 2. The third kappa shape index (κ3) is 5.33. The third-order valence-electron chi connectivity index (χ3n) is 4.92. The summed E-state index contributed by atoms with van der Waals surface area (Å²) in [7, 11) is 0. The van der Waals surface area contributed by atoms with Gasteiger partial charge < -0.3 is 9.84 Å². The molecule has 2 aromatic carbocycles. The van der Waals surface area contributed by atoms with Gasteiger partial charge in [-0.1, -0.05) is 23.7 Å². The second kappa shape index (κ2) is 9.08. The zero-order valence-corrected chi connectivity index (χ0v) is 16.6. The van der Waals surface area contributed by atoms with Crippen molar-refractivity contribution < 1.29 is 32.2 Å². The molecular formula is C22H19ClF4O3. The quantitative estimate of drug-likeness (QED) is 0.490. The van der Waals surface area contributed by atoms with Crippen LogP contribution in [0, 0.1) is 5.82 Å². The van der Waals surface area contributed by atoms with Crippen LogP contribution in [0.15, 0.2) is 42.2 Å². The average Bonchev–Trinajstić information content (AvgIpc) is 3.14. The average molecular weight is 443 g/mol. The Morgan fingerprint density at radius 1 is 1.13 bits per heavy atom. The number of alkyl halides is 3. The Balaban J connectivity index is 1.82. The highest BCUT2D eigenvalue weighted by molar-refractivity contribution is 6.30. The van der Waals surface area contributed by atoms with Crippen LogP contribution in [0.3, 0.4) is 0 Å². The first kappa shape index (κ1) is 22.2. The normalized spacial score (nSPS) is 14.3. The van der Waals surface area contributed by atoms with Gasteiger partial charge in [0.05, 0.1) is 5.56 Å². The van der Waals surface area contributed by atoms with Gasteiger partial charge in [-0.2, -0.15) is 13.2 Å². The molecule has 0 aliphatic heterocycles. The van der Waals surface area contributed by atoms with Crippen molar-refractivity contribution in [2.75, 3.05) is 0 Å². The zero-order chi connectivity index (χ0) is 21.9. The molecule has 3 nitrogen and oxygen atoms in total. The summed E-state index contributed by atoms with van der Waals surface area (Å²) in [5.74, 6) is -1.05. The number of carboxylic acids is 1. The predicted molar refractivity (Wildman–Crippen MR) is 104 cm³/mol. The van der Waals surface area contributed by atoms with E-state index in [4.69, 9.17) is 21.4 Å². The Labute approximate surface area is 175 Å². The lowest BCUT2D eigenvalue weighted by atomic mass is 9.99. The first-order valence-electron chi connectivity index (χ1n) is 9.36. The molecule has 0 aromatic heterocycles. The second-order valence-electron chi connectivity index (χ2n) is 7.05. The largest absolute Gasteiger partial charge is 0.493 e. The lowest BCUT2D eigenvalue weighted by Crippen LogP contribution is -2.11. The molecule has 8 heteroatoms. The number of aliphatic carboxylic acids is 1. The second-order valence-corrected chi connectivity index (χ2v) is 7.49. The SMILES string of the molecule is O=C(O)CCc1ccc(COC2=C(c3cc(Cl)ccc3F)CCC2)cc1C(F)(F)F. The molecule has 0 unspecified atom stereocenters. The fourth-order valence-corrected chi connectivity index (χ4v) is 3.67. The van der Waals surface area contributed by atoms with E-state index >= 15 is 0 Å². The Morgan fingerprint density at radius 2 is 1.90 bits per heavy atom. The Bertz CT molecular complexity index is 983. The summed E-state index contributed by atoms with van der Waals surface area (Å²) in [5, 5.41) is 9.13. The van der Waals surface area contributed by atoms with Gasteiger partial charge in [0.25, 0.3) is 0 Å². The molecule has 160 valence electrons. The minimum Gasteiger partial charge on any atom is -0.493 e. The van der Waals surface area contributed by atoms with Crippen LogP contribution in [0.2, 0.25) is 5.02 Å². The van der Waals surface area contributed by atoms with E-state index in [2.05, 4.69) is 0 Å². The Morgan fingerprint density at radius 3 is 2.60 bits per heavy atom. The van der Waals surface area contributed by atoms with Gasteiger partial charge in [0.1, 0.15) is 18.2 Å². The van der Waals surface area contributed by atoms with Crippen LogP contribution in [-0.2, 0) is 28.7 Å². The molecule has 3 rings (SSSR count). The number of hydrogen-bond acceptors (Lipinski definition) is 2. The zero-order valence-electron chi connectivity index (χ0n) is 15.9. The van der Waals surface area contributed by atoms with Crippen molar-refractivity contribution in [3.8, 4) is 0 Å². The molecule has 0 saturated carbocycles. The van der Waals surface area contributed by atoms with Crippen LogP contribution in [-0.4, -0.2) is 11.1 Å². The summed E-state index contributed by atoms with van der Waals surface area (Å²) in [6.45, 7) is -0.108. The van der Waals surface area contributed by atoms with E-state index in [-0.39, 0.29) is 25.0 Å². The molecule has 0 fully saturated rings. The lowest BCUT2D eigenvalue weighted by molar-refractivity contribution is -0.140. The minimum atomic E-state index is -4.61. The third-order valence-corrected chi connectivity index (χ3v) is 5.16. The highest BCUT2D eigenvalue weighted by atomic mass is 35.5. The van der Waals surface area contributed by atoms with E-state index in [0.29, 0.717) is 40.3 Å². The van der Waals surface area contributed by atoms with Crippen molar-refractivity contribution in [3.05, 3.63) is 75.3 Å². The molecule has 0 heterocycles. The number of hydrogen-bond donors (Lipinski definition) is 1. The van der Waals surface area contributed by atoms with E-state index < -0.39 is 23.5 Å². The van der Waals surface area contributed by atoms with Gasteiger partial charge in [0, 0.05) is 29.0 Å². The molecule has 0 radical (unpaired) electrons. The number of benzene rings is 2. The topological polar surface area (TPSA) is 46.5 Å². The molecule has 1 aliphatic carbocycles. The molecule has 0 atom stereocenters. The van der Waals surface area contributed by atoms with Crippen molar-refractivity contribution in [1.82, 2.24) is 0 Å². The van der Waals surface area contributed by atoms with Crippen molar-refractivity contribution in [2.45, 2.75) is 44.9 Å². The van der Waals surface area contributed by atoms with E-state index in [1.165, 1.54) is 30.3 Å². The number of carbonyl (C=O) groups is 1. The van der Waals surface area contributed by atoms with Crippen molar-refractivity contribution in [3.63, 3.8) is 0 Å². The molecule has 30 heavy (non-hydrogen) atoms. The van der Waals surface area contributed by atoms with Crippen LogP contribution < -0.4 is 0 Å². The number of aryl methyl sites for hydroxylation is 1. The number of halogens is 5. The summed E-state index contributed by atoms with van der Waals surface area (Å²) in [6.07, 6.45) is -3.31. The molecule has 1 aliphatic rings. The van der Waals surface area contributed by atoms with E-state index in [1.807, 2.05) is 0 Å². The fourth-order valence-electron chi connectivity index (χ4n) is 3.50. The van der Waals surface area contributed by atoms with E-state index in [0.717, 1.165) is 12.5 Å². The minimum absolute atomic E-state index is 0.0737. The lowest BCUT2D eigenvalue weighted by Gasteiger charge is -2.16. The van der Waals surface area contributed by atoms with Crippen LogP contribution in [0.4, 0.5) is 17.6 Å². The van der Waals surface area contributed by atoms with E-state index in [1.54, 1.807) is 0 Å². The summed E-state index contributed by atoms with van der Waals surface area (Å²) < 4.78 is 60.2. The molecule has 2 aromatic rings. The van der Waals surface area contributed by atoms with Crippen molar-refractivity contribution in [2.24, 2.45) is 0 Å². The highest BCUT2D eigenvalue weighted by Gasteiger charge is 2.33. The summed E-state index contributed by atoms with van der Waals surface area (Å²) in [4.78, 5) is 10.7. The van der Waals surface area contributed by atoms with Crippen LogP contribution in [0.1, 0.15) is 47.9 Å². The summed E-state index contributed by atoms with van der Waals surface area (Å²) >= 11 is 5.96. The molecule has 0 bridgehead atoms. The maximum absolute atomic E-state index is 14.2. The van der Waals surface area contributed by atoms with Crippen LogP contribution in [0.5, 0.6) is 0 Å². The standard InChI is InChI=1S/C22H19ClF4O3/c23-15-7-8-19(24)17(11-15)16-2-1-3-20(16)30-12-13-4-5-14(6-9-21(28)29)18(10-13)22(25,26)27/h4-5,7-8,10-11H,1-3,6,9,12H2,(H,28,29). The number of ether oxygens (including phenoxy) is 1. The van der Waals surface area contributed by atoms with Gasteiger partial charge in [0.15, 0.2) is 0 Å². The van der Waals surface area contributed by atoms with Crippen molar-refractivity contribution >= 4 is 23.1 Å². The molecule has 0 amide bonds. The monoisotopic (exact) mass is 442 g/mol. The highest BCUT2D eigenvalue weighted by Crippen LogP contribution is 2.38. The van der Waals surface area contributed by atoms with Gasteiger partial charge in [-0.05, 0) is 54.7 Å². The predicted octanol–water partition coefficient (Wildman–Crippen LogP) is 6.63. The van der Waals surface area contributed by atoms with Gasteiger partial charge in [-0.25, -0.2) is 4.39 Å². The first-order valence-corrected chi connectivity index (χ1v) is 9.74.